The lowest BCUT2D eigenvalue weighted by Crippen LogP contribution is -2.00. The molecule has 10 rings (SSSR count). The van der Waals surface area contributed by atoms with Crippen LogP contribution < -0.4 is 4.74 Å². The predicted octanol–water partition coefficient (Wildman–Crippen LogP) is 12.0. The van der Waals surface area contributed by atoms with Gasteiger partial charge in [0.1, 0.15) is 11.5 Å². The summed E-state index contributed by atoms with van der Waals surface area (Å²) in [6.45, 7) is 0. The molecule has 0 atom stereocenters. The van der Waals surface area contributed by atoms with Crippen molar-refractivity contribution in [3.8, 4) is 44.9 Å². The van der Waals surface area contributed by atoms with Crippen LogP contribution in [0.4, 0.5) is 0 Å². The topological polar surface area (TPSA) is 9.23 Å². The van der Waals surface area contributed by atoms with E-state index in [1.54, 1.807) is 0 Å². The summed E-state index contributed by atoms with van der Waals surface area (Å²) in [4.78, 5) is 0. The molecule has 0 radical (unpaired) electrons. The Bertz CT molecular complexity index is 2570. The van der Waals surface area contributed by atoms with Crippen LogP contribution in [-0.4, -0.2) is 0 Å². The maximum Gasteiger partial charge on any atom is 0.143 e. The van der Waals surface area contributed by atoms with Gasteiger partial charge >= 0.3 is 0 Å². The molecule has 1 aliphatic rings. The van der Waals surface area contributed by atoms with E-state index in [0.29, 0.717) is 0 Å². The molecule has 0 saturated heterocycles. The van der Waals surface area contributed by atoms with Crippen molar-refractivity contribution < 1.29 is 4.74 Å². The molecule has 9 aromatic rings. The normalized spacial score (nSPS) is 12.4. The predicted molar refractivity (Wildman–Crippen MR) is 182 cm³/mol. The van der Waals surface area contributed by atoms with Crippen molar-refractivity contribution in [3.63, 3.8) is 0 Å². The van der Waals surface area contributed by atoms with Crippen LogP contribution in [0.25, 0.3) is 87.2 Å². The van der Waals surface area contributed by atoms with Crippen molar-refractivity contribution in [3.05, 3.63) is 146 Å². The molecule has 0 bridgehead atoms. The standard InChI is InChI=1S/C42H24O/c1-2-14-33-31(7-1)24-36(42-41(33)35-15-5-10-25-11-6-16-37(43-42)39(25)35)30-13-4-12-29(23-30)32-21-19-28-18-17-26-8-3-9-27-20-22-34(32)40(28)38(26)27/h1-24H. The number of benzene rings is 9. The summed E-state index contributed by atoms with van der Waals surface area (Å²) in [5, 5.41) is 12.6. The maximum absolute atomic E-state index is 6.84. The molecule has 43 heavy (non-hydrogen) atoms. The quantitative estimate of drug-likeness (QED) is 0.197. The van der Waals surface area contributed by atoms with Crippen LogP contribution in [-0.2, 0) is 0 Å². The molecular formula is C42H24O. The van der Waals surface area contributed by atoms with E-state index in [0.717, 1.165) is 22.6 Å². The van der Waals surface area contributed by atoms with Crippen LogP contribution in [0.15, 0.2) is 146 Å². The second kappa shape index (κ2) is 8.44. The third-order valence-corrected chi connectivity index (χ3v) is 9.36. The van der Waals surface area contributed by atoms with Gasteiger partial charge in [-0.15, -0.1) is 0 Å². The van der Waals surface area contributed by atoms with Gasteiger partial charge in [-0.1, -0.05) is 127 Å². The number of ether oxygens (including phenoxy) is 1. The Labute approximate surface area is 248 Å². The molecule has 1 nitrogen and oxygen atoms in total. The Hall–Kier alpha value is -5.66. The highest BCUT2D eigenvalue weighted by Gasteiger charge is 2.25. The molecule has 0 N–H and O–H groups in total. The summed E-state index contributed by atoms with van der Waals surface area (Å²) in [7, 11) is 0. The largest absolute Gasteiger partial charge is 0.455 e. The Morgan fingerprint density at radius 1 is 0.349 bits per heavy atom. The van der Waals surface area contributed by atoms with E-state index in [-0.39, 0.29) is 0 Å². The van der Waals surface area contributed by atoms with E-state index in [4.69, 9.17) is 4.74 Å². The first-order valence-electron chi connectivity index (χ1n) is 14.8. The zero-order valence-electron chi connectivity index (χ0n) is 23.3. The van der Waals surface area contributed by atoms with E-state index in [1.165, 1.54) is 76.1 Å². The first-order chi connectivity index (χ1) is 21.3. The lowest BCUT2D eigenvalue weighted by molar-refractivity contribution is 0.489. The van der Waals surface area contributed by atoms with Gasteiger partial charge in [-0.3, -0.25) is 0 Å². The van der Waals surface area contributed by atoms with Crippen LogP contribution in [0.1, 0.15) is 0 Å². The van der Waals surface area contributed by atoms with Gasteiger partial charge in [-0.25, -0.2) is 0 Å². The van der Waals surface area contributed by atoms with Crippen molar-refractivity contribution in [2.75, 3.05) is 0 Å². The minimum absolute atomic E-state index is 0.917. The highest BCUT2D eigenvalue weighted by molar-refractivity contribution is 6.25. The van der Waals surface area contributed by atoms with E-state index >= 15 is 0 Å². The Balaban J connectivity index is 1.24. The van der Waals surface area contributed by atoms with E-state index in [1.807, 2.05) is 0 Å². The van der Waals surface area contributed by atoms with E-state index in [2.05, 4.69) is 146 Å². The second-order valence-corrected chi connectivity index (χ2v) is 11.7. The minimum Gasteiger partial charge on any atom is -0.455 e. The van der Waals surface area contributed by atoms with Gasteiger partial charge in [0, 0.05) is 16.5 Å². The molecule has 0 amide bonds. The van der Waals surface area contributed by atoms with Gasteiger partial charge < -0.3 is 4.74 Å². The molecule has 0 saturated carbocycles. The molecule has 0 aromatic heterocycles. The third-order valence-electron chi connectivity index (χ3n) is 9.36. The third kappa shape index (κ3) is 3.17. The van der Waals surface area contributed by atoms with Gasteiger partial charge in [-0.05, 0) is 88.9 Å². The molecule has 1 heteroatoms. The Morgan fingerprint density at radius 3 is 1.84 bits per heavy atom. The molecule has 1 aliphatic heterocycles. The summed E-state index contributed by atoms with van der Waals surface area (Å²) in [6.07, 6.45) is 0. The Morgan fingerprint density at radius 2 is 0.977 bits per heavy atom. The highest BCUT2D eigenvalue weighted by Crippen LogP contribution is 2.53. The van der Waals surface area contributed by atoms with Crippen LogP contribution >= 0.6 is 0 Å². The first-order valence-corrected chi connectivity index (χ1v) is 14.8. The summed E-state index contributed by atoms with van der Waals surface area (Å²) in [6, 6.07) is 53.1. The maximum atomic E-state index is 6.84. The fraction of sp³-hybridized carbons (Fsp3) is 0. The summed E-state index contributed by atoms with van der Waals surface area (Å²) < 4.78 is 6.84. The molecule has 9 aromatic carbocycles. The van der Waals surface area contributed by atoms with Crippen LogP contribution in [0.3, 0.4) is 0 Å². The number of hydrogen-bond acceptors (Lipinski definition) is 1. The van der Waals surface area contributed by atoms with Crippen molar-refractivity contribution in [2.24, 2.45) is 0 Å². The monoisotopic (exact) mass is 544 g/mol. The van der Waals surface area contributed by atoms with E-state index in [9.17, 15) is 0 Å². The highest BCUT2D eigenvalue weighted by atomic mass is 16.5. The molecular weight excluding hydrogens is 520 g/mol. The zero-order valence-corrected chi connectivity index (χ0v) is 23.3. The zero-order chi connectivity index (χ0) is 28.1. The average molecular weight is 545 g/mol. The van der Waals surface area contributed by atoms with Crippen molar-refractivity contribution in [2.45, 2.75) is 0 Å². The minimum atomic E-state index is 0.917. The average Bonchev–Trinajstić information content (AvgIpc) is 3.07. The number of hydrogen-bond donors (Lipinski definition) is 0. The lowest BCUT2D eigenvalue weighted by Gasteiger charge is -2.25. The molecule has 1 heterocycles. The fourth-order valence-electron chi connectivity index (χ4n) is 7.47. The van der Waals surface area contributed by atoms with Gasteiger partial charge in [-0.2, -0.15) is 0 Å². The second-order valence-electron chi connectivity index (χ2n) is 11.7. The summed E-state index contributed by atoms with van der Waals surface area (Å²) in [5.41, 5.74) is 7.12. The number of fused-ring (bicyclic) bond motifs is 4. The van der Waals surface area contributed by atoms with Gasteiger partial charge in [0.2, 0.25) is 0 Å². The van der Waals surface area contributed by atoms with Crippen LogP contribution in [0.2, 0.25) is 0 Å². The molecule has 0 spiro atoms. The fourth-order valence-corrected chi connectivity index (χ4v) is 7.47. The van der Waals surface area contributed by atoms with Crippen molar-refractivity contribution >= 4 is 53.9 Å². The van der Waals surface area contributed by atoms with Gasteiger partial charge in [0.15, 0.2) is 0 Å². The van der Waals surface area contributed by atoms with Gasteiger partial charge in [0.25, 0.3) is 0 Å². The van der Waals surface area contributed by atoms with Crippen LogP contribution in [0, 0.1) is 0 Å². The smallest absolute Gasteiger partial charge is 0.143 e. The SMILES string of the molecule is c1cc(-c2cc3ccccc3c3c2Oc2cccc4cccc-3c24)cc(-c2ccc3ccc4cccc5ccc2c3c45)c1. The summed E-state index contributed by atoms with van der Waals surface area (Å²) >= 11 is 0. The number of rotatable bonds is 2. The molecule has 0 unspecified atom stereocenters. The van der Waals surface area contributed by atoms with E-state index < -0.39 is 0 Å². The van der Waals surface area contributed by atoms with Crippen LogP contribution in [0.5, 0.6) is 11.5 Å². The Kier molecular flexibility index (Phi) is 4.51. The molecule has 0 aliphatic carbocycles. The molecule has 198 valence electrons. The van der Waals surface area contributed by atoms with Gasteiger partial charge in [0.05, 0.1) is 0 Å². The van der Waals surface area contributed by atoms with Crippen molar-refractivity contribution in [1.29, 1.82) is 0 Å². The molecule has 0 fully saturated rings. The first kappa shape index (κ1) is 23.0. The summed E-state index contributed by atoms with van der Waals surface area (Å²) in [5.74, 6) is 1.84. The van der Waals surface area contributed by atoms with Crippen molar-refractivity contribution in [1.82, 2.24) is 0 Å². The lowest BCUT2D eigenvalue weighted by atomic mass is 9.86.